The second-order valence-corrected chi connectivity index (χ2v) is 3.64. The molecule has 0 spiro atoms. The molecule has 5 heteroatoms. The Kier molecular flexibility index (Phi) is 3.59. The second kappa shape index (κ2) is 5.34. The average molecular weight is 232 g/mol. The number of anilines is 1. The molecule has 2 aromatic rings. The summed E-state index contributed by atoms with van der Waals surface area (Å²) in [4.78, 5) is 15.7. The normalized spacial score (nSPS) is 10.4. The van der Waals surface area contributed by atoms with E-state index in [0.717, 1.165) is 19.4 Å². The molecule has 1 N–H and O–H groups in total. The maximum Gasteiger partial charge on any atom is 0.292 e. The van der Waals surface area contributed by atoms with Crippen LogP contribution in [-0.4, -0.2) is 15.5 Å². The number of imidazole rings is 1. The number of aromatic nitrogens is 2. The Labute approximate surface area is 99.5 Å². The zero-order chi connectivity index (χ0) is 12.1. The van der Waals surface area contributed by atoms with Crippen molar-refractivity contribution in [1.29, 1.82) is 0 Å². The van der Waals surface area contributed by atoms with Crippen molar-refractivity contribution in [3.63, 3.8) is 0 Å². The van der Waals surface area contributed by atoms with E-state index in [9.17, 15) is 4.79 Å². The van der Waals surface area contributed by atoms with Crippen molar-refractivity contribution >= 4 is 11.7 Å². The van der Waals surface area contributed by atoms with Gasteiger partial charge in [0.05, 0.1) is 12.6 Å². The molecule has 2 rings (SSSR count). The molecule has 0 aliphatic carbocycles. The van der Waals surface area contributed by atoms with E-state index in [2.05, 4.69) is 17.2 Å². The molecule has 0 aliphatic heterocycles. The molecule has 0 unspecified atom stereocenters. The van der Waals surface area contributed by atoms with Gasteiger partial charge in [-0.05, 0) is 18.6 Å². The van der Waals surface area contributed by atoms with Crippen molar-refractivity contribution in [2.24, 2.45) is 0 Å². The standard InChI is InChI=1S/C12H14N3O2/c1-2-3-6-15-8-11(13-9-15)14-12(16)10-5-4-7-17-10/h4-5,7-9H,1-3,6H2,(H,14,16). The van der Waals surface area contributed by atoms with Gasteiger partial charge in [0.1, 0.15) is 0 Å². The summed E-state index contributed by atoms with van der Waals surface area (Å²) in [5.74, 6) is 0.505. The summed E-state index contributed by atoms with van der Waals surface area (Å²) in [6.07, 6.45) is 6.81. The maximum absolute atomic E-state index is 11.6. The quantitative estimate of drug-likeness (QED) is 0.860. The topological polar surface area (TPSA) is 60.1 Å². The first-order valence-electron chi connectivity index (χ1n) is 5.45. The minimum absolute atomic E-state index is 0.275. The van der Waals surface area contributed by atoms with E-state index in [1.807, 2.05) is 4.57 Å². The van der Waals surface area contributed by atoms with Crippen LogP contribution in [-0.2, 0) is 6.54 Å². The fourth-order valence-corrected chi connectivity index (χ4v) is 1.43. The molecular weight excluding hydrogens is 218 g/mol. The maximum atomic E-state index is 11.6. The van der Waals surface area contributed by atoms with Gasteiger partial charge in [-0.3, -0.25) is 4.79 Å². The molecule has 0 atom stereocenters. The van der Waals surface area contributed by atoms with Gasteiger partial charge in [-0.25, -0.2) is 4.98 Å². The van der Waals surface area contributed by atoms with Gasteiger partial charge < -0.3 is 14.3 Å². The van der Waals surface area contributed by atoms with Gasteiger partial charge in [0, 0.05) is 12.7 Å². The lowest BCUT2D eigenvalue weighted by Gasteiger charge is -1.99. The molecule has 1 radical (unpaired) electrons. The van der Waals surface area contributed by atoms with Gasteiger partial charge >= 0.3 is 0 Å². The second-order valence-electron chi connectivity index (χ2n) is 3.64. The fraction of sp³-hybridized carbons (Fsp3) is 0.250. The van der Waals surface area contributed by atoms with Crippen LogP contribution in [0, 0.1) is 6.92 Å². The predicted molar refractivity (Wildman–Crippen MR) is 63.5 cm³/mol. The highest BCUT2D eigenvalue weighted by Crippen LogP contribution is 2.07. The number of hydrogen-bond acceptors (Lipinski definition) is 3. The van der Waals surface area contributed by atoms with Gasteiger partial charge in [0.25, 0.3) is 5.91 Å². The van der Waals surface area contributed by atoms with Crippen molar-refractivity contribution in [3.8, 4) is 0 Å². The highest BCUT2D eigenvalue weighted by atomic mass is 16.3. The smallest absolute Gasteiger partial charge is 0.292 e. The van der Waals surface area contributed by atoms with Crippen LogP contribution >= 0.6 is 0 Å². The average Bonchev–Trinajstić information content (AvgIpc) is 2.97. The summed E-state index contributed by atoms with van der Waals surface area (Å²) in [6, 6.07) is 3.27. The Bertz CT molecular complexity index is 474. The largest absolute Gasteiger partial charge is 0.459 e. The Balaban J connectivity index is 1.95. The third-order valence-electron chi connectivity index (χ3n) is 2.29. The number of hydrogen-bond donors (Lipinski definition) is 1. The van der Waals surface area contributed by atoms with Crippen molar-refractivity contribution in [2.75, 3.05) is 5.32 Å². The van der Waals surface area contributed by atoms with Crippen LogP contribution in [0.3, 0.4) is 0 Å². The van der Waals surface area contributed by atoms with E-state index in [1.165, 1.54) is 6.26 Å². The molecule has 89 valence electrons. The lowest BCUT2D eigenvalue weighted by molar-refractivity contribution is 0.0996. The minimum Gasteiger partial charge on any atom is -0.459 e. The van der Waals surface area contributed by atoms with E-state index in [0.29, 0.717) is 5.82 Å². The van der Waals surface area contributed by atoms with E-state index >= 15 is 0 Å². The van der Waals surface area contributed by atoms with Gasteiger partial charge in [-0.15, -0.1) is 0 Å². The Morgan fingerprint density at radius 1 is 1.59 bits per heavy atom. The molecule has 0 saturated heterocycles. The first kappa shape index (κ1) is 11.4. The number of rotatable bonds is 5. The van der Waals surface area contributed by atoms with Crippen LogP contribution in [0.15, 0.2) is 35.3 Å². The number of carbonyl (C=O) groups excluding carboxylic acids is 1. The highest BCUT2D eigenvalue weighted by molar-refractivity contribution is 6.01. The first-order chi connectivity index (χ1) is 8.29. The fourth-order valence-electron chi connectivity index (χ4n) is 1.43. The number of nitrogens with one attached hydrogen (secondary N) is 1. The van der Waals surface area contributed by atoms with Crippen molar-refractivity contribution < 1.29 is 9.21 Å². The van der Waals surface area contributed by atoms with E-state index in [4.69, 9.17) is 4.42 Å². The van der Waals surface area contributed by atoms with Gasteiger partial charge in [-0.2, -0.15) is 0 Å². The summed E-state index contributed by atoms with van der Waals surface area (Å²) < 4.78 is 6.90. The number of nitrogens with zero attached hydrogens (tertiary/aromatic N) is 2. The number of amides is 1. The lowest BCUT2D eigenvalue weighted by atomic mass is 10.3. The van der Waals surface area contributed by atoms with Crippen LogP contribution in [0.25, 0.3) is 0 Å². The first-order valence-corrected chi connectivity index (χ1v) is 5.45. The van der Waals surface area contributed by atoms with Crippen molar-refractivity contribution in [3.05, 3.63) is 43.6 Å². The van der Waals surface area contributed by atoms with Gasteiger partial charge in [0.2, 0.25) is 0 Å². The summed E-state index contributed by atoms with van der Waals surface area (Å²) in [6.45, 7) is 4.63. The molecule has 0 bridgehead atoms. The van der Waals surface area contributed by atoms with E-state index < -0.39 is 0 Å². The SMILES string of the molecule is [CH2]CCCn1cnc(NC(=O)c2ccco2)c1. The molecule has 0 aromatic carbocycles. The summed E-state index contributed by atoms with van der Waals surface area (Å²) in [5, 5.41) is 2.66. The van der Waals surface area contributed by atoms with Crippen LogP contribution in [0.4, 0.5) is 5.82 Å². The number of unbranched alkanes of at least 4 members (excludes halogenated alkanes) is 1. The van der Waals surface area contributed by atoms with Crippen LogP contribution in [0.5, 0.6) is 0 Å². The van der Waals surface area contributed by atoms with Crippen molar-refractivity contribution in [2.45, 2.75) is 19.4 Å². The zero-order valence-electron chi connectivity index (χ0n) is 9.43. The minimum atomic E-state index is -0.294. The zero-order valence-corrected chi connectivity index (χ0v) is 9.43. The molecule has 0 aliphatic rings. The lowest BCUT2D eigenvalue weighted by Crippen LogP contribution is -2.10. The Morgan fingerprint density at radius 2 is 2.47 bits per heavy atom. The molecule has 17 heavy (non-hydrogen) atoms. The highest BCUT2D eigenvalue weighted by Gasteiger charge is 2.09. The van der Waals surface area contributed by atoms with Crippen molar-refractivity contribution in [1.82, 2.24) is 9.55 Å². The summed E-state index contributed by atoms with van der Waals surface area (Å²) >= 11 is 0. The molecule has 5 nitrogen and oxygen atoms in total. The van der Waals surface area contributed by atoms with Crippen LogP contribution in [0.2, 0.25) is 0 Å². The van der Waals surface area contributed by atoms with Crippen LogP contribution < -0.4 is 5.32 Å². The van der Waals surface area contributed by atoms with Crippen LogP contribution in [0.1, 0.15) is 23.4 Å². The molecule has 0 fully saturated rings. The van der Waals surface area contributed by atoms with Gasteiger partial charge in [-0.1, -0.05) is 13.3 Å². The Hall–Kier alpha value is -2.04. The molecule has 2 aromatic heterocycles. The molecule has 0 saturated carbocycles. The van der Waals surface area contributed by atoms with Gasteiger partial charge in [0.15, 0.2) is 11.6 Å². The number of furan rings is 1. The number of aryl methyl sites for hydroxylation is 1. The third kappa shape index (κ3) is 2.96. The van der Waals surface area contributed by atoms with E-state index in [-0.39, 0.29) is 11.7 Å². The molecule has 1 amide bonds. The van der Waals surface area contributed by atoms with E-state index in [1.54, 1.807) is 24.7 Å². The summed E-state index contributed by atoms with van der Waals surface area (Å²) in [5.41, 5.74) is 0. The number of carbonyl (C=O) groups is 1. The third-order valence-corrected chi connectivity index (χ3v) is 2.29. The molecule has 2 heterocycles. The molecular formula is C12H14N3O2. The Morgan fingerprint density at radius 3 is 3.18 bits per heavy atom. The summed E-state index contributed by atoms with van der Waals surface area (Å²) in [7, 11) is 0. The monoisotopic (exact) mass is 232 g/mol. The predicted octanol–water partition coefficient (Wildman–Crippen LogP) is 2.34.